The highest BCUT2D eigenvalue weighted by atomic mass is 16.5. The summed E-state index contributed by atoms with van der Waals surface area (Å²) in [4.78, 5) is 31.6. The maximum atomic E-state index is 12.0. The van der Waals surface area contributed by atoms with Gasteiger partial charge in [0.15, 0.2) is 11.6 Å². The Labute approximate surface area is 141 Å². The van der Waals surface area contributed by atoms with Gasteiger partial charge in [-0.1, -0.05) is 10.3 Å². The van der Waals surface area contributed by atoms with Crippen molar-refractivity contribution in [1.29, 1.82) is 0 Å². The molecular formula is C15H14N6O4. The van der Waals surface area contributed by atoms with Crippen molar-refractivity contribution in [2.75, 3.05) is 5.32 Å². The Morgan fingerprint density at radius 3 is 2.68 bits per heavy atom. The molecule has 0 aliphatic heterocycles. The first-order valence-electron chi connectivity index (χ1n) is 7.33. The number of carbonyl (C=O) groups is 2. The summed E-state index contributed by atoms with van der Waals surface area (Å²) in [5, 5.41) is 12.4. The molecule has 10 nitrogen and oxygen atoms in total. The maximum Gasteiger partial charge on any atom is 0.315 e. The van der Waals surface area contributed by atoms with Crippen LogP contribution in [-0.2, 0) is 17.8 Å². The predicted molar refractivity (Wildman–Crippen MR) is 83.3 cm³/mol. The van der Waals surface area contributed by atoms with Crippen LogP contribution in [0.2, 0.25) is 0 Å². The van der Waals surface area contributed by atoms with Crippen LogP contribution < -0.4 is 10.6 Å². The Morgan fingerprint density at radius 1 is 1.16 bits per heavy atom. The van der Waals surface area contributed by atoms with Crippen molar-refractivity contribution < 1.29 is 18.6 Å². The van der Waals surface area contributed by atoms with Gasteiger partial charge in [0.05, 0.1) is 6.42 Å². The number of anilines is 1. The fourth-order valence-electron chi connectivity index (χ4n) is 1.93. The summed E-state index contributed by atoms with van der Waals surface area (Å²) >= 11 is 0. The summed E-state index contributed by atoms with van der Waals surface area (Å²) in [6.45, 7) is 2.00. The lowest BCUT2D eigenvalue weighted by atomic mass is 10.3. The van der Waals surface area contributed by atoms with Crippen LogP contribution in [0.15, 0.2) is 39.6 Å². The molecule has 0 fully saturated rings. The van der Waals surface area contributed by atoms with Gasteiger partial charge in [-0.25, -0.2) is 0 Å². The number of pyridine rings is 1. The van der Waals surface area contributed by atoms with Gasteiger partial charge >= 0.3 is 11.8 Å². The summed E-state index contributed by atoms with van der Waals surface area (Å²) in [6, 6.07) is 5.12. The third-order valence-corrected chi connectivity index (χ3v) is 3.08. The van der Waals surface area contributed by atoms with Crippen LogP contribution >= 0.6 is 0 Å². The third kappa shape index (κ3) is 4.47. The molecule has 0 bridgehead atoms. The van der Waals surface area contributed by atoms with Crippen molar-refractivity contribution in [2.24, 2.45) is 0 Å². The van der Waals surface area contributed by atoms with Gasteiger partial charge in [-0.15, -0.1) is 0 Å². The van der Waals surface area contributed by atoms with E-state index in [1.165, 1.54) is 0 Å². The van der Waals surface area contributed by atoms with Gasteiger partial charge in [-0.05, 0) is 24.6 Å². The quantitative estimate of drug-likeness (QED) is 0.673. The third-order valence-electron chi connectivity index (χ3n) is 3.08. The van der Waals surface area contributed by atoms with Gasteiger partial charge < -0.3 is 19.7 Å². The molecule has 0 unspecified atom stereocenters. The molecule has 2 N–H and O–H groups in total. The number of rotatable bonds is 6. The molecule has 0 saturated heterocycles. The van der Waals surface area contributed by atoms with Gasteiger partial charge in [0.1, 0.15) is 5.76 Å². The van der Waals surface area contributed by atoms with Crippen molar-refractivity contribution >= 4 is 17.6 Å². The Morgan fingerprint density at radius 2 is 1.96 bits per heavy atom. The van der Waals surface area contributed by atoms with Crippen molar-refractivity contribution in [3.63, 3.8) is 0 Å². The topological polar surface area (TPSA) is 136 Å². The smallest absolute Gasteiger partial charge is 0.315 e. The number of aryl methyl sites for hydroxylation is 1. The summed E-state index contributed by atoms with van der Waals surface area (Å²) < 4.78 is 9.71. The molecule has 25 heavy (non-hydrogen) atoms. The second-order valence-electron chi connectivity index (χ2n) is 5.10. The molecule has 128 valence electrons. The minimum absolute atomic E-state index is 0.0896. The van der Waals surface area contributed by atoms with E-state index in [0.29, 0.717) is 18.1 Å². The largest absolute Gasteiger partial charge is 0.360 e. The van der Waals surface area contributed by atoms with Crippen LogP contribution in [0.1, 0.15) is 27.8 Å². The Hall–Kier alpha value is -3.56. The highest BCUT2D eigenvalue weighted by Gasteiger charge is 2.17. The highest BCUT2D eigenvalue weighted by Crippen LogP contribution is 2.08. The first-order chi connectivity index (χ1) is 12.1. The Balaban J connectivity index is 1.52. The zero-order valence-corrected chi connectivity index (χ0v) is 13.2. The van der Waals surface area contributed by atoms with E-state index in [-0.39, 0.29) is 18.1 Å². The van der Waals surface area contributed by atoms with E-state index in [2.05, 4.69) is 30.9 Å². The molecule has 2 amide bonds. The van der Waals surface area contributed by atoms with Crippen LogP contribution in [0.25, 0.3) is 0 Å². The van der Waals surface area contributed by atoms with E-state index in [0.717, 1.165) is 5.56 Å². The Bertz CT molecular complexity index is 873. The first kappa shape index (κ1) is 16.3. The van der Waals surface area contributed by atoms with Crippen LogP contribution in [0.4, 0.5) is 5.82 Å². The molecule has 0 aromatic carbocycles. The van der Waals surface area contributed by atoms with Crippen molar-refractivity contribution in [3.8, 4) is 0 Å². The highest BCUT2D eigenvalue weighted by molar-refractivity contribution is 5.91. The van der Waals surface area contributed by atoms with Crippen LogP contribution in [0.5, 0.6) is 0 Å². The lowest BCUT2D eigenvalue weighted by Crippen LogP contribution is -2.23. The molecule has 3 aromatic rings. The molecular weight excluding hydrogens is 328 g/mol. The average molecular weight is 342 g/mol. The SMILES string of the molecule is Cc1cc(NC(=O)Cc2noc(C(=O)NCc3ccncc3)n2)no1. The number of aromatic nitrogens is 4. The van der Waals surface area contributed by atoms with E-state index >= 15 is 0 Å². The number of amides is 2. The summed E-state index contributed by atoms with van der Waals surface area (Å²) in [5.41, 5.74) is 0.880. The van der Waals surface area contributed by atoms with Crippen LogP contribution in [-0.4, -0.2) is 32.1 Å². The zero-order chi connectivity index (χ0) is 17.6. The molecule has 0 atom stereocenters. The lowest BCUT2D eigenvalue weighted by Gasteiger charge is -2.01. The number of hydrogen-bond donors (Lipinski definition) is 2. The average Bonchev–Trinajstić information content (AvgIpc) is 3.22. The fraction of sp³-hybridized carbons (Fsp3) is 0.200. The summed E-state index contributed by atoms with van der Waals surface area (Å²) in [5.74, 6) is -0.189. The van der Waals surface area contributed by atoms with Gasteiger partial charge in [-0.2, -0.15) is 4.98 Å². The molecule has 0 spiro atoms. The van der Waals surface area contributed by atoms with Gasteiger partial charge in [0.2, 0.25) is 5.91 Å². The maximum absolute atomic E-state index is 12.0. The van der Waals surface area contributed by atoms with Crippen molar-refractivity contribution in [1.82, 2.24) is 25.6 Å². The second-order valence-corrected chi connectivity index (χ2v) is 5.10. The van der Waals surface area contributed by atoms with Gasteiger partial charge in [0.25, 0.3) is 0 Å². The summed E-state index contributed by atoms with van der Waals surface area (Å²) in [6.07, 6.45) is 3.09. The molecule has 3 aromatic heterocycles. The predicted octanol–water partition coefficient (Wildman–Crippen LogP) is 0.872. The molecule has 0 aliphatic carbocycles. The first-order valence-corrected chi connectivity index (χ1v) is 7.33. The second kappa shape index (κ2) is 7.34. The molecule has 0 saturated carbocycles. The van der Waals surface area contributed by atoms with E-state index in [4.69, 9.17) is 9.05 Å². The number of hydrogen-bond acceptors (Lipinski definition) is 8. The van der Waals surface area contributed by atoms with Gasteiger partial charge in [0, 0.05) is 25.0 Å². The van der Waals surface area contributed by atoms with E-state index in [9.17, 15) is 9.59 Å². The molecule has 0 radical (unpaired) electrons. The van der Waals surface area contributed by atoms with Gasteiger partial charge in [-0.3, -0.25) is 14.6 Å². The van der Waals surface area contributed by atoms with E-state index in [1.807, 2.05) is 0 Å². The summed E-state index contributed by atoms with van der Waals surface area (Å²) in [7, 11) is 0. The molecule has 10 heteroatoms. The number of nitrogens with one attached hydrogen (secondary N) is 2. The zero-order valence-electron chi connectivity index (χ0n) is 13.2. The number of nitrogens with zero attached hydrogens (tertiary/aromatic N) is 4. The fourth-order valence-corrected chi connectivity index (χ4v) is 1.93. The van der Waals surface area contributed by atoms with Crippen LogP contribution in [0, 0.1) is 6.92 Å². The lowest BCUT2D eigenvalue weighted by molar-refractivity contribution is -0.115. The minimum Gasteiger partial charge on any atom is -0.360 e. The minimum atomic E-state index is -0.525. The van der Waals surface area contributed by atoms with E-state index < -0.39 is 11.8 Å². The van der Waals surface area contributed by atoms with Crippen molar-refractivity contribution in [3.05, 3.63) is 53.6 Å². The van der Waals surface area contributed by atoms with E-state index in [1.54, 1.807) is 37.5 Å². The van der Waals surface area contributed by atoms with Crippen molar-refractivity contribution in [2.45, 2.75) is 19.9 Å². The number of carbonyl (C=O) groups excluding carboxylic acids is 2. The Kier molecular flexibility index (Phi) is 4.79. The molecule has 3 rings (SSSR count). The standard InChI is InChI=1S/C15H14N6O4/c1-9-6-11(20-24-9)18-13(22)7-12-19-15(25-21-12)14(23)17-8-10-2-4-16-5-3-10/h2-6H,7-8H2,1H3,(H,17,23)(H,18,20,22). The molecule has 0 aliphatic rings. The van der Waals surface area contributed by atoms with Crippen LogP contribution in [0.3, 0.4) is 0 Å². The normalized spacial score (nSPS) is 10.4. The molecule has 3 heterocycles. The monoisotopic (exact) mass is 342 g/mol.